The lowest BCUT2D eigenvalue weighted by Crippen LogP contribution is -3.12. The summed E-state index contributed by atoms with van der Waals surface area (Å²) in [6, 6.07) is 11.0. The predicted octanol–water partition coefficient (Wildman–Crippen LogP) is 1.19. The molecule has 0 radical (unpaired) electrons. The molecule has 0 saturated carbocycles. The Labute approximate surface area is 179 Å². The van der Waals surface area contributed by atoms with Crippen molar-refractivity contribution in [3.05, 3.63) is 63.7 Å². The number of fused-ring (bicyclic) bond motifs is 2. The normalized spacial score (nSPS) is 17.8. The van der Waals surface area contributed by atoms with Crippen molar-refractivity contribution in [3.8, 4) is 11.5 Å². The van der Waals surface area contributed by atoms with E-state index in [0.717, 1.165) is 29.0 Å². The summed E-state index contributed by atoms with van der Waals surface area (Å²) < 4.78 is 15.9. The number of carbonyl (C=O) groups excluding carboxylic acids is 1. The third kappa shape index (κ3) is 4.11. The fraction of sp³-hybridized carbons (Fsp3) is 0.348. The summed E-state index contributed by atoms with van der Waals surface area (Å²) >= 11 is 0. The highest BCUT2D eigenvalue weighted by molar-refractivity contribution is 5.77. The number of aromatic nitrogens is 2. The number of esters is 1. The van der Waals surface area contributed by atoms with Gasteiger partial charge in [-0.2, -0.15) is 0 Å². The lowest BCUT2D eigenvalue weighted by molar-refractivity contribution is -0.947. The number of quaternary nitrogens is 1. The van der Waals surface area contributed by atoms with Crippen molar-refractivity contribution >= 4 is 16.9 Å². The van der Waals surface area contributed by atoms with Gasteiger partial charge in [0, 0.05) is 12.0 Å². The number of aromatic amines is 1. The van der Waals surface area contributed by atoms with Crippen LogP contribution in [0, 0.1) is 0 Å². The zero-order valence-corrected chi connectivity index (χ0v) is 17.9. The first-order valence-corrected chi connectivity index (χ1v) is 10.2. The van der Waals surface area contributed by atoms with Crippen LogP contribution in [-0.2, 0) is 22.5 Å². The van der Waals surface area contributed by atoms with Gasteiger partial charge in [0.2, 0.25) is 0 Å². The quantitative estimate of drug-likeness (QED) is 0.577. The third-order valence-electron chi connectivity index (χ3n) is 5.88. The average molecular weight is 424 g/mol. The highest BCUT2D eigenvalue weighted by Gasteiger charge is 2.35. The van der Waals surface area contributed by atoms with Crippen LogP contribution in [0.1, 0.15) is 29.4 Å². The van der Waals surface area contributed by atoms with Crippen LogP contribution in [0.3, 0.4) is 0 Å². The number of para-hydroxylation sites is 1. The number of benzene rings is 2. The Morgan fingerprint density at radius 1 is 1.16 bits per heavy atom. The van der Waals surface area contributed by atoms with E-state index in [0.29, 0.717) is 34.8 Å². The van der Waals surface area contributed by atoms with E-state index in [4.69, 9.17) is 14.2 Å². The molecule has 2 aromatic carbocycles. The van der Waals surface area contributed by atoms with E-state index in [1.165, 1.54) is 7.11 Å². The monoisotopic (exact) mass is 424 g/mol. The van der Waals surface area contributed by atoms with Crippen molar-refractivity contribution in [2.75, 3.05) is 27.9 Å². The zero-order valence-electron chi connectivity index (χ0n) is 17.9. The number of hydrogen-bond donors (Lipinski definition) is 2. The summed E-state index contributed by atoms with van der Waals surface area (Å²) in [4.78, 5) is 33.4. The van der Waals surface area contributed by atoms with Gasteiger partial charge in [0.25, 0.3) is 5.56 Å². The minimum atomic E-state index is -0.287. The molecule has 1 aliphatic heterocycles. The van der Waals surface area contributed by atoms with Crippen LogP contribution in [0.15, 0.2) is 41.2 Å². The molecule has 0 amide bonds. The number of methoxy groups -OCH3 is 3. The van der Waals surface area contributed by atoms with E-state index in [1.54, 1.807) is 20.3 Å². The largest absolute Gasteiger partial charge is 0.493 e. The fourth-order valence-electron chi connectivity index (χ4n) is 4.32. The van der Waals surface area contributed by atoms with Crippen LogP contribution in [0.5, 0.6) is 11.5 Å². The van der Waals surface area contributed by atoms with Crippen molar-refractivity contribution in [2.24, 2.45) is 0 Å². The van der Waals surface area contributed by atoms with Crippen molar-refractivity contribution in [1.29, 1.82) is 0 Å². The number of carbonyl (C=O) groups is 1. The lowest BCUT2D eigenvalue weighted by atomic mass is 9.90. The molecule has 31 heavy (non-hydrogen) atoms. The maximum atomic E-state index is 12.5. The second kappa shape index (κ2) is 8.77. The summed E-state index contributed by atoms with van der Waals surface area (Å²) in [5.74, 6) is 1.60. The SMILES string of the molecule is COC(=O)C[C@@H]1c2cc(OC)c(OC)cc2CC[NH+]1Cc1nc2ccccc2c(=O)[nH]1. The molecular weight excluding hydrogens is 398 g/mol. The molecule has 0 saturated heterocycles. The Balaban J connectivity index is 1.72. The molecule has 0 fully saturated rings. The summed E-state index contributed by atoms with van der Waals surface area (Å²) in [6.07, 6.45) is 1.02. The number of nitrogens with one attached hydrogen (secondary N) is 2. The molecule has 0 bridgehead atoms. The van der Waals surface area contributed by atoms with Gasteiger partial charge < -0.3 is 24.1 Å². The van der Waals surface area contributed by atoms with Gasteiger partial charge in [0.1, 0.15) is 19.0 Å². The van der Waals surface area contributed by atoms with E-state index in [-0.39, 0.29) is 24.0 Å². The summed E-state index contributed by atoms with van der Waals surface area (Å²) in [5.41, 5.74) is 2.64. The van der Waals surface area contributed by atoms with Crippen LogP contribution in [0.25, 0.3) is 10.9 Å². The Morgan fingerprint density at radius 2 is 1.90 bits per heavy atom. The molecule has 1 aromatic heterocycles. The molecule has 0 aliphatic carbocycles. The highest BCUT2D eigenvalue weighted by Crippen LogP contribution is 2.35. The minimum Gasteiger partial charge on any atom is -0.493 e. The van der Waals surface area contributed by atoms with Crippen molar-refractivity contribution in [3.63, 3.8) is 0 Å². The van der Waals surface area contributed by atoms with Gasteiger partial charge in [0.05, 0.1) is 38.8 Å². The lowest BCUT2D eigenvalue weighted by Gasteiger charge is -2.34. The smallest absolute Gasteiger partial charge is 0.311 e. The van der Waals surface area contributed by atoms with E-state index in [9.17, 15) is 9.59 Å². The van der Waals surface area contributed by atoms with Crippen LogP contribution >= 0.6 is 0 Å². The van der Waals surface area contributed by atoms with Gasteiger partial charge in [-0.15, -0.1) is 0 Å². The van der Waals surface area contributed by atoms with Crippen LogP contribution in [-0.4, -0.2) is 43.8 Å². The van der Waals surface area contributed by atoms with Crippen molar-refractivity contribution in [2.45, 2.75) is 25.4 Å². The molecule has 8 nitrogen and oxygen atoms in total. The Hall–Kier alpha value is -3.39. The van der Waals surface area contributed by atoms with E-state index >= 15 is 0 Å². The van der Waals surface area contributed by atoms with E-state index in [1.807, 2.05) is 30.3 Å². The summed E-state index contributed by atoms with van der Waals surface area (Å²) in [5, 5.41) is 0.563. The van der Waals surface area contributed by atoms with Gasteiger partial charge >= 0.3 is 5.97 Å². The molecular formula is C23H26N3O5+. The molecule has 8 heteroatoms. The number of hydrogen-bond acceptors (Lipinski definition) is 6. The molecule has 3 aromatic rings. The summed E-state index contributed by atoms with van der Waals surface area (Å²) in [6.45, 7) is 1.26. The number of nitrogens with zero attached hydrogens (tertiary/aromatic N) is 1. The molecule has 2 N–H and O–H groups in total. The first-order chi connectivity index (χ1) is 15.0. The van der Waals surface area contributed by atoms with Crippen LogP contribution < -0.4 is 19.9 Å². The molecule has 4 rings (SSSR count). The van der Waals surface area contributed by atoms with Crippen LogP contribution in [0.2, 0.25) is 0 Å². The number of ether oxygens (including phenoxy) is 3. The maximum absolute atomic E-state index is 12.5. The van der Waals surface area contributed by atoms with Gasteiger partial charge in [-0.25, -0.2) is 4.98 Å². The Bertz CT molecular complexity index is 1170. The van der Waals surface area contributed by atoms with Crippen molar-refractivity contribution < 1.29 is 23.9 Å². The third-order valence-corrected chi connectivity index (χ3v) is 5.88. The average Bonchev–Trinajstić information content (AvgIpc) is 2.79. The van der Waals surface area contributed by atoms with Gasteiger partial charge in [0.15, 0.2) is 17.3 Å². The standard InChI is InChI=1S/C23H25N3O5/c1-29-19-10-14-8-9-26(18(12-22(27)31-3)16(14)11-20(19)30-2)13-21-24-17-7-5-4-6-15(17)23(28)25-21/h4-7,10-11,18H,8-9,12-13H2,1-3H3,(H,24,25,28)/p+1/t18-/m1/s1. The summed E-state index contributed by atoms with van der Waals surface area (Å²) in [7, 11) is 4.60. The van der Waals surface area contributed by atoms with Gasteiger partial charge in [-0.3, -0.25) is 9.59 Å². The van der Waals surface area contributed by atoms with Gasteiger partial charge in [-0.05, 0) is 29.8 Å². The van der Waals surface area contributed by atoms with E-state index in [2.05, 4.69) is 9.97 Å². The van der Waals surface area contributed by atoms with E-state index < -0.39 is 0 Å². The van der Waals surface area contributed by atoms with Crippen LogP contribution in [0.4, 0.5) is 0 Å². The maximum Gasteiger partial charge on any atom is 0.311 e. The number of H-pyrrole nitrogens is 1. The topological polar surface area (TPSA) is 94.9 Å². The second-order valence-corrected chi connectivity index (χ2v) is 7.60. The molecule has 2 atom stereocenters. The molecule has 0 spiro atoms. The molecule has 162 valence electrons. The Kier molecular flexibility index (Phi) is 5.90. The van der Waals surface area contributed by atoms with Gasteiger partial charge in [-0.1, -0.05) is 12.1 Å². The first kappa shape index (κ1) is 20.9. The predicted molar refractivity (Wildman–Crippen MR) is 115 cm³/mol. The first-order valence-electron chi connectivity index (χ1n) is 10.2. The molecule has 1 aliphatic rings. The minimum absolute atomic E-state index is 0.159. The molecule has 1 unspecified atom stereocenters. The van der Waals surface area contributed by atoms with Crippen molar-refractivity contribution in [1.82, 2.24) is 9.97 Å². The highest BCUT2D eigenvalue weighted by atomic mass is 16.5. The fourth-order valence-corrected chi connectivity index (χ4v) is 4.32. The molecule has 2 heterocycles. The number of rotatable bonds is 6. The second-order valence-electron chi connectivity index (χ2n) is 7.60. The Morgan fingerprint density at radius 3 is 2.65 bits per heavy atom. The zero-order chi connectivity index (χ0) is 22.0.